The molecule has 0 aromatic heterocycles. The average molecular weight is 340 g/mol. The van der Waals surface area contributed by atoms with Gasteiger partial charge in [-0.1, -0.05) is 29.8 Å². The minimum absolute atomic E-state index is 0.396. The maximum Gasteiger partial charge on any atom is 0.416 e. The largest absolute Gasteiger partial charge is 0.416 e. The quantitative estimate of drug-likeness (QED) is 0.767. The summed E-state index contributed by atoms with van der Waals surface area (Å²) < 4.78 is 43.6. The Labute approximate surface area is 119 Å². The number of nitrogens with one attached hydrogen (secondary N) is 1. The van der Waals surface area contributed by atoms with Crippen LogP contribution in [0.4, 0.5) is 18.9 Å². The molecule has 0 aliphatic carbocycles. The van der Waals surface area contributed by atoms with Crippen molar-refractivity contribution < 1.29 is 17.9 Å². The third-order valence-corrected chi connectivity index (χ3v) is 2.71. The van der Waals surface area contributed by atoms with E-state index in [2.05, 4.69) is 21.2 Å². The summed E-state index contributed by atoms with van der Waals surface area (Å²) in [6.07, 6.45) is -4.34. The molecule has 0 aliphatic rings. The molecule has 0 unspecified atom stereocenters. The van der Waals surface area contributed by atoms with Crippen LogP contribution in [0.15, 0.2) is 22.7 Å². The number of benzene rings is 1. The van der Waals surface area contributed by atoms with Crippen LogP contribution in [0.25, 0.3) is 0 Å². The fraction of sp³-hybridized carbons (Fsp3) is 0.538. The first-order valence-electron chi connectivity index (χ1n) is 5.98. The van der Waals surface area contributed by atoms with E-state index in [9.17, 15) is 13.2 Å². The third kappa shape index (κ3) is 6.29. The molecule has 1 aromatic carbocycles. The molecule has 0 saturated heterocycles. The molecule has 0 fully saturated rings. The highest BCUT2D eigenvalue weighted by molar-refractivity contribution is 9.10. The van der Waals surface area contributed by atoms with Gasteiger partial charge in [-0.15, -0.1) is 0 Å². The maximum absolute atomic E-state index is 12.6. The maximum atomic E-state index is 12.6. The summed E-state index contributed by atoms with van der Waals surface area (Å²) in [6.45, 7) is 5.66. The summed E-state index contributed by atoms with van der Waals surface area (Å²) in [7, 11) is 0. The lowest BCUT2D eigenvalue weighted by Crippen LogP contribution is -2.13. The Kier molecular flexibility index (Phi) is 6.13. The molecular weight excluding hydrogens is 323 g/mol. The molecule has 1 aromatic rings. The van der Waals surface area contributed by atoms with Crippen LogP contribution in [0.1, 0.15) is 19.4 Å². The smallest absolute Gasteiger partial charge is 0.383 e. The van der Waals surface area contributed by atoms with Crippen molar-refractivity contribution >= 4 is 21.6 Å². The molecule has 0 heterocycles. The van der Waals surface area contributed by atoms with E-state index in [-0.39, 0.29) is 0 Å². The average Bonchev–Trinajstić information content (AvgIpc) is 2.26. The molecule has 1 rings (SSSR count). The lowest BCUT2D eigenvalue weighted by Gasteiger charge is -2.12. The lowest BCUT2D eigenvalue weighted by atomic mass is 10.2. The van der Waals surface area contributed by atoms with E-state index in [1.807, 2.05) is 13.8 Å². The fourth-order valence-electron chi connectivity index (χ4n) is 1.44. The highest BCUT2D eigenvalue weighted by Gasteiger charge is 2.31. The molecule has 0 bridgehead atoms. The molecular formula is C13H17BrF3NO. The summed E-state index contributed by atoms with van der Waals surface area (Å²) in [5.41, 5.74) is -0.248. The molecule has 1 N–H and O–H groups in total. The van der Waals surface area contributed by atoms with Gasteiger partial charge in [-0.05, 0) is 24.1 Å². The molecule has 0 spiro atoms. The van der Waals surface area contributed by atoms with Gasteiger partial charge in [0.1, 0.15) is 0 Å². The van der Waals surface area contributed by atoms with Gasteiger partial charge in [0.05, 0.1) is 12.2 Å². The number of halogens is 4. The predicted molar refractivity (Wildman–Crippen MR) is 73.3 cm³/mol. The van der Waals surface area contributed by atoms with Crippen molar-refractivity contribution in [3.05, 3.63) is 28.2 Å². The Morgan fingerprint density at radius 3 is 2.53 bits per heavy atom. The molecule has 108 valence electrons. The Morgan fingerprint density at radius 2 is 1.95 bits per heavy atom. The minimum atomic E-state index is -4.34. The molecule has 2 nitrogen and oxygen atoms in total. The summed E-state index contributed by atoms with van der Waals surface area (Å²) in [5, 5.41) is 2.92. The van der Waals surface area contributed by atoms with Crippen molar-refractivity contribution in [2.24, 2.45) is 5.92 Å². The lowest BCUT2D eigenvalue weighted by molar-refractivity contribution is -0.137. The van der Waals surface area contributed by atoms with Crippen LogP contribution in [0.3, 0.4) is 0 Å². The van der Waals surface area contributed by atoms with Crippen LogP contribution in [0, 0.1) is 5.92 Å². The fourth-order valence-corrected chi connectivity index (χ4v) is 1.94. The third-order valence-electron chi connectivity index (χ3n) is 2.25. The Morgan fingerprint density at radius 1 is 1.26 bits per heavy atom. The summed E-state index contributed by atoms with van der Waals surface area (Å²) in [6, 6.07) is 3.76. The van der Waals surface area contributed by atoms with E-state index in [0.29, 0.717) is 35.8 Å². The van der Waals surface area contributed by atoms with Gasteiger partial charge in [0.25, 0.3) is 0 Å². The van der Waals surface area contributed by atoms with Crippen molar-refractivity contribution in [3.8, 4) is 0 Å². The van der Waals surface area contributed by atoms with Gasteiger partial charge in [-0.2, -0.15) is 13.2 Å². The number of alkyl halides is 3. The number of hydrogen-bond donors (Lipinski definition) is 1. The van der Waals surface area contributed by atoms with Gasteiger partial charge in [0, 0.05) is 23.3 Å². The second-order valence-electron chi connectivity index (χ2n) is 4.62. The zero-order chi connectivity index (χ0) is 14.5. The highest BCUT2D eigenvalue weighted by atomic mass is 79.9. The summed E-state index contributed by atoms with van der Waals surface area (Å²) in [4.78, 5) is 0. The Balaban J connectivity index is 2.52. The molecule has 0 saturated carbocycles. The van der Waals surface area contributed by atoms with Crippen molar-refractivity contribution in [2.75, 3.05) is 25.1 Å². The SMILES string of the molecule is CC(C)COCCNc1cc(Br)cc(C(F)(F)F)c1. The van der Waals surface area contributed by atoms with Crippen molar-refractivity contribution in [2.45, 2.75) is 20.0 Å². The van der Waals surface area contributed by atoms with Gasteiger partial charge in [-0.25, -0.2) is 0 Å². The van der Waals surface area contributed by atoms with E-state index in [0.717, 1.165) is 12.1 Å². The van der Waals surface area contributed by atoms with Crippen LogP contribution < -0.4 is 5.32 Å². The number of anilines is 1. The molecule has 0 radical (unpaired) electrons. The number of rotatable bonds is 6. The van der Waals surface area contributed by atoms with Crippen molar-refractivity contribution in [1.29, 1.82) is 0 Å². The van der Waals surface area contributed by atoms with Crippen molar-refractivity contribution in [1.82, 2.24) is 0 Å². The van der Waals surface area contributed by atoms with Gasteiger partial charge in [0.2, 0.25) is 0 Å². The van der Waals surface area contributed by atoms with Crippen LogP contribution in [-0.4, -0.2) is 19.8 Å². The van der Waals surface area contributed by atoms with Crippen LogP contribution in [-0.2, 0) is 10.9 Å². The van der Waals surface area contributed by atoms with Crippen LogP contribution in [0.2, 0.25) is 0 Å². The molecule has 6 heteroatoms. The van der Waals surface area contributed by atoms with Gasteiger partial charge < -0.3 is 10.1 Å². The number of ether oxygens (including phenoxy) is 1. The van der Waals surface area contributed by atoms with E-state index in [4.69, 9.17) is 4.74 Å². The molecule has 0 amide bonds. The monoisotopic (exact) mass is 339 g/mol. The first-order valence-corrected chi connectivity index (χ1v) is 6.77. The molecule has 0 atom stereocenters. The van der Waals surface area contributed by atoms with Crippen LogP contribution >= 0.6 is 15.9 Å². The zero-order valence-corrected chi connectivity index (χ0v) is 12.4. The van der Waals surface area contributed by atoms with E-state index < -0.39 is 11.7 Å². The highest BCUT2D eigenvalue weighted by Crippen LogP contribution is 2.33. The summed E-state index contributed by atoms with van der Waals surface area (Å²) in [5.74, 6) is 0.447. The van der Waals surface area contributed by atoms with Gasteiger partial charge in [0.15, 0.2) is 0 Å². The van der Waals surface area contributed by atoms with Gasteiger partial charge in [-0.3, -0.25) is 0 Å². The normalized spacial score (nSPS) is 11.9. The zero-order valence-electron chi connectivity index (χ0n) is 10.9. The minimum Gasteiger partial charge on any atom is -0.383 e. The summed E-state index contributed by atoms with van der Waals surface area (Å²) >= 11 is 3.08. The predicted octanol–water partition coefficient (Wildman–Crippen LogP) is 4.55. The topological polar surface area (TPSA) is 21.3 Å². The van der Waals surface area contributed by atoms with E-state index in [1.54, 1.807) is 6.07 Å². The second kappa shape index (κ2) is 7.14. The number of hydrogen-bond acceptors (Lipinski definition) is 2. The Bertz CT molecular complexity index is 407. The first-order chi connectivity index (χ1) is 8.79. The van der Waals surface area contributed by atoms with E-state index in [1.165, 1.54) is 0 Å². The van der Waals surface area contributed by atoms with Crippen LogP contribution in [0.5, 0.6) is 0 Å². The molecule has 19 heavy (non-hydrogen) atoms. The first kappa shape index (κ1) is 16.3. The van der Waals surface area contributed by atoms with Gasteiger partial charge >= 0.3 is 6.18 Å². The second-order valence-corrected chi connectivity index (χ2v) is 5.54. The molecule has 0 aliphatic heterocycles. The van der Waals surface area contributed by atoms with Crippen molar-refractivity contribution in [3.63, 3.8) is 0 Å². The Hall–Kier alpha value is -0.750. The van der Waals surface area contributed by atoms with E-state index >= 15 is 0 Å². The standard InChI is InChI=1S/C13H17BrF3NO/c1-9(2)8-19-4-3-18-12-6-10(13(15,16)17)5-11(14)7-12/h5-7,9,18H,3-4,8H2,1-2H3.